The van der Waals surface area contributed by atoms with Crippen LogP contribution in [0, 0.1) is 5.41 Å². The molecule has 0 heterocycles. The van der Waals surface area contributed by atoms with E-state index in [1.807, 2.05) is 42.5 Å². The minimum atomic E-state index is -0.698. The third kappa shape index (κ3) is 5.82. The highest BCUT2D eigenvalue weighted by Crippen LogP contribution is 2.33. The van der Waals surface area contributed by atoms with Gasteiger partial charge in [0.05, 0.1) is 12.0 Å². The molecule has 0 amide bonds. The minimum Gasteiger partial charge on any atom is -0.466 e. The van der Waals surface area contributed by atoms with Crippen molar-refractivity contribution in [3.8, 4) is 11.1 Å². The third-order valence-electron chi connectivity index (χ3n) is 4.48. The van der Waals surface area contributed by atoms with Crippen LogP contribution in [0.25, 0.3) is 11.1 Å². The Morgan fingerprint density at radius 2 is 1.59 bits per heavy atom. The number of esters is 1. The van der Waals surface area contributed by atoms with E-state index in [4.69, 9.17) is 27.9 Å². The number of carbonyl (C=O) groups is 2. The molecule has 0 N–H and O–H groups in total. The van der Waals surface area contributed by atoms with Crippen LogP contribution < -0.4 is 0 Å². The molecule has 0 saturated carbocycles. The van der Waals surface area contributed by atoms with E-state index < -0.39 is 5.41 Å². The Kier molecular flexibility index (Phi) is 7.46. The third-order valence-corrected chi connectivity index (χ3v) is 5.15. The van der Waals surface area contributed by atoms with Gasteiger partial charge in [0.25, 0.3) is 0 Å². The highest BCUT2D eigenvalue weighted by Gasteiger charge is 2.29. The van der Waals surface area contributed by atoms with Gasteiger partial charge in [-0.05, 0) is 56.0 Å². The van der Waals surface area contributed by atoms with Crippen molar-refractivity contribution in [1.82, 2.24) is 0 Å². The number of hydrogen-bond acceptors (Lipinski definition) is 3. The van der Waals surface area contributed by atoms with Crippen molar-refractivity contribution in [1.29, 1.82) is 0 Å². The quantitative estimate of drug-likeness (QED) is 0.494. The van der Waals surface area contributed by atoms with Gasteiger partial charge in [0, 0.05) is 22.9 Å². The summed E-state index contributed by atoms with van der Waals surface area (Å²) in [5.41, 5.74) is 1.84. The molecule has 0 radical (unpaired) electrons. The lowest BCUT2D eigenvalue weighted by molar-refractivity contribution is -0.153. The molecule has 5 heteroatoms. The van der Waals surface area contributed by atoms with E-state index in [1.165, 1.54) is 0 Å². The monoisotopic (exact) mass is 406 g/mol. The summed E-state index contributed by atoms with van der Waals surface area (Å²) in [4.78, 5) is 24.4. The lowest BCUT2D eigenvalue weighted by Gasteiger charge is -2.21. The molecule has 2 aromatic carbocycles. The first-order valence-electron chi connectivity index (χ1n) is 8.97. The van der Waals surface area contributed by atoms with Crippen LogP contribution >= 0.6 is 23.2 Å². The molecule has 0 atom stereocenters. The van der Waals surface area contributed by atoms with Crippen LogP contribution in [0.15, 0.2) is 42.5 Å². The lowest BCUT2D eigenvalue weighted by atomic mass is 9.86. The topological polar surface area (TPSA) is 43.4 Å². The summed E-state index contributed by atoms with van der Waals surface area (Å²) in [5, 5.41) is 0.943. The van der Waals surface area contributed by atoms with Gasteiger partial charge in [-0.2, -0.15) is 0 Å². The predicted octanol–water partition coefficient (Wildman–Crippen LogP) is 6.14. The maximum Gasteiger partial charge on any atom is 0.311 e. The molecule has 27 heavy (non-hydrogen) atoms. The summed E-state index contributed by atoms with van der Waals surface area (Å²) in [6.07, 6.45) is 0.826. The van der Waals surface area contributed by atoms with Gasteiger partial charge < -0.3 is 4.74 Å². The number of ketones is 1. The second-order valence-corrected chi connectivity index (χ2v) is 7.92. The number of carbonyl (C=O) groups excluding carboxylic acids is 2. The molecule has 0 aromatic heterocycles. The standard InChI is InChI=1S/C22H24Cl2O3/c1-4-27-21(26)22(2,3)11-10-17(25)14-18-19(23)12-16(13-20(18)24)15-8-6-5-7-9-15/h5-9,12-13H,4,10-11,14H2,1-3H3. The van der Waals surface area contributed by atoms with Gasteiger partial charge in [-0.25, -0.2) is 0 Å². The number of Topliss-reactive ketones (excluding diaryl/α,β-unsaturated/α-hetero) is 1. The molecule has 0 aliphatic heterocycles. The Morgan fingerprint density at radius 3 is 2.15 bits per heavy atom. The van der Waals surface area contributed by atoms with E-state index in [1.54, 1.807) is 20.8 Å². The van der Waals surface area contributed by atoms with Gasteiger partial charge in [0.1, 0.15) is 5.78 Å². The largest absolute Gasteiger partial charge is 0.466 e. The number of hydrogen-bond donors (Lipinski definition) is 0. The fourth-order valence-electron chi connectivity index (χ4n) is 2.74. The van der Waals surface area contributed by atoms with Gasteiger partial charge in [0.2, 0.25) is 0 Å². The van der Waals surface area contributed by atoms with Crippen LogP contribution in [0.4, 0.5) is 0 Å². The van der Waals surface area contributed by atoms with Gasteiger partial charge in [-0.3, -0.25) is 9.59 Å². The Labute approximate surface area is 170 Å². The van der Waals surface area contributed by atoms with Crippen molar-refractivity contribution < 1.29 is 14.3 Å². The maximum absolute atomic E-state index is 12.4. The fourth-order valence-corrected chi connectivity index (χ4v) is 3.36. The van der Waals surface area contributed by atoms with E-state index in [2.05, 4.69) is 0 Å². The van der Waals surface area contributed by atoms with Crippen molar-refractivity contribution in [2.75, 3.05) is 6.61 Å². The lowest BCUT2D eigenvalue weighted by Crippen LogP contribution is -2.27. The van der Waals surface area contributed by atoms with Crippen LogP contribution in [0.3, 0.4) is 0 Å². The van der Waals surface area contributed by atoms with Crippen molar-refractivity contribution in [2.45, 2.75) is 40.0 Å². The molecule has 0 fully saturated rings. The average Bonchev–Trinajstić information content (AvgIpc) is 2.64. The first-order chi connectivity index (χ1) is 12.7. The summed E-state index contributed by atoms with van der Waals surface area (Å²) >= 11 is 12.8. The first kappa shape index (κ1) is 21.5. The number of rotatable bonds is 8. The smallest absolute Gasteiger partial charge is 0.311 e. The number of ether oxygens (including phenoxy) is 1. The zero-order chi connectivity index (χ0) is 20.0. The van der Waals surface area contributed by atoms with E-state index in [9.17, 15) is 9.59 Å². The molecule has 0 unspecified atom stereocenters. The normalized spacial score (nSPS) is 11.3. The highest BCUT2D eigenvalue weighted by atomic mass is 35.5. The van der Waals surface area contributed by atoms with Crippen molar-refractivity contribution in [2.24, 2.45) is 5.41 Å². The molecule has 0 spiro atoms. The Bertz CT molecular complexity index is 791. The fraction of sp³-hybridized carbons (Fsp3) is 0.364. The Balaban J connectivity index is 2.07. The summed E-state index contributed by atoms with van der Waals surface area (Å²) < 4.78 is 5.06. The van der Waals surface area contributed by atoms with E-state index in [-0.39, 0.29) is 24.6 Å². The van der Waals surface area contributed by atoms with E-state index in [0.29, 0.717) is 28.6 Å². The summed E-state index contributed by atoms with van der Waals surface area (Å²) in [6, 6.07) is 13.4. The molecular weight excluding hydrogens is 383 g/mol. The molecule has 2 rings (SSSR count). The Hall–Kier alpha value is -1.84. The molecule has 144 valence electrons. The molecular formula is C22H24Cl2O3. The highest BCUT2D eigenvalue weighted by molar-refractivity contribution is 6.36. The first-order valence-corrected chi connectivity index (χ1v) is 9.72. The van der Waals surface area contributed by atoms with E-state index >= 15 is 0 Å². The molecule has 0 saturated heterocycles. The van der Waals surface area contributed by atoms with Crippen LogP contribution in [-0.2, 0) is 20.7 Å². The van der Waals surface area contributed by atoms with Crippen molar-refractivity contribution in [3.05, 3.63) is 58.1 Å². The molecule has 0 bridgehead atoms. The van der Waals surface area contributed by atoms with Crippen LogP contribution in [0.1, 0.15) is 39.2 Å². The number of halogens is 2. The second-order valence-electron chi connectivity index (χ2n) is 7.10. The van der Waals surface area contributed by atoms with E-state index in [0.717, 1.165) is 11.1 Å². The summed E-state index contributed by atoms with van der Waals surface area (Å²) in [7, 11) is 0. The van der Waals surface area contributed by atoms with Crippen LogP contribution in [0.5, 0.6) is 0 Å². The SMILES string of the molecule is CCOC(=O)C(C)(C)CCC(=O)Cc1c(Cl)cc(-c2ccccc2)cc1Cl. The molecule has 2 aromatic rings. The van der Waals surface area contributed by atoms with Crippen molar-refractivity contribution in [3.63, 3.8) is 0 Å². The van der Waals surface area contributed by atoms with Crippen LogP contribution in [0.2, 0.25) is 10.0 Å². The predicted molar refractivity (Wildman–Crippen MR) is 110 cm³/mol. The van der Waals surface area contributed by atoms with Crippen molar-refractivity contribution >= 4 is 35.0 Å². The minimum absolute atomic E-state index is 0.0105. The maximum atomic E-state index is 12.4. The van der Waals surface area contributed by atoms with Gasteiger partial charge >= 0.3 is 5.97 Å². The average molecular weight is 407 g/mol. The van der Waals surface area contributed by atoms with Gasteiger partial charge in [-0.1, -0.05) is 53.5 Å². The zero-order valence-electron chi connectivity index (χ0n) is 15.9. The second kappa shape index (κ2) is 9.38. The zero-order valence-corrected chi connectivity index (χ0v) is 17.4. The Morgan fingerprint density at radius 1 is 1.00 bits per heavy atom. The molecule has 0 aliphatic rings. The van der Waals surface area contributed by atoms with Gasteiger partial charge in [-0.15, -0.1) is 0 Å². The summed E-state index contributed by atoms with van der Waals surface area (Å²) in [5.74, 6) is -0.301. The van der Waals surface area contributed by atoms with Gasteiger partial charge in [0.15, 0.2) is 0 Å². The summed E-state index contributed by atoms with van der Waals surface area (Å²) in [6.45, 7) is 5.66. The molecule has 3 nitrogen and oxygen atoms in total. The van der Waals surface area contributed by atoms with Crippen LogP contribution in [-0.4, -0.2) is 18.4 Å². The molecule has 0 aliphatic carbocycles. The number of benzene rings is 2.